The predicted octanol–water partition coefficient (Wildman–Crippen LogP) is 2.28. The molecule has 3 rings (SSSR count). The highest BCUT2D eigenvalue weighted by Gasteiger charge is 2.25. The van der Waals surface area contributed by atoms with Crippen LogP contribution in [0.15, 0.2) is 30.4 Å². The molecule has 124 valence electrons. The minimum atomic E-state index is -0.402. The Balaban J connectivity index is 1.65. The quantitative estimate of drug-likeness (QED) is 0.748. The Labute approximate surface area is 134 Å². The number of aliphatic hydroxyl groups is 1. The minimum absolute atomic E-state index is 0.0823. The molecule has 5 nitrogen and oxygen atoms in total. The number of carbonyl (C=O) groups excluding carboxylic acids is 1. The van der Waals surface area contributed by atoms with E-state index in [4.69, 9.17) is 9.84 Å². The monoisotopic (exact) mass is 320 g/mol. The molecule has 3 atom stereocenters. The fraction of sp³-hybridized carbons (Fsp3) is 0.471. The molecule has 1 aliphatic heterocycles. The van der Waals surface area contributed by atoms with Crippen molar-refractivity contribution in [2.75, 3.05) is 13.2 Å². The Morgan fingerprint density at radius 3 is 3.00 bits per heavy atom. The first kappa shape index (κ1) is 15.8. The van der Waals surface area contributed by atoms with Gasteiger partial charge in [0.25, 0.3) is 0 Å². The highest BCUT2D eigenvalue weighted by Crippen LogP contribution is 2.33. The van der Waals surface area contributed by atoms with E-state index in [9.17, 15) is 9.18 Å². The lowest BCUT2D eigenvalue weighted by molar-refractivity contribution is 0.228. The highest BCUT2D eigenvalue weighted by atomic mass is 19.1. The molecule has 6 heteroatoms. The Kier molecular flexibility index (Phi) is 4.81. The van der Waals surface area contributed by atoms with Crippen molar-refractivity contribution in [1.29, 1.82) is 0 Å². The van der Waals surface area contributed by atoms with Gasteiger partial charge in [-0.2, -0.15) is 0 Å². The van der Waals surface area contributed by atoms with Crippen molar-refractivity contribution in [2.24, 2.45) is 5.92 Å². The highest BCUT2D eigenvalue weighted by molar-refractivity contribution is 5.75. The van der Waals surface area contributed by atoms with Gasteiger partial charge in [0.2, 0.25) is 0 Å². The maximum absolute atomic E-state index is 13.9. The van der Waals surface area contributed by atoms with E-state index in [0.29, 0.717) is 25.0 Å². The SMILES string of the molecule is O=C(N[C@@H]1C=C[C@H](CO)C1)N[C@H]1CCCOc2c(F)cccc21. The van der Waals surface area contributed by atoms with Crippen LogP contribution in [0.25, 0.3) is 0 Å². The summed E-state index contributed by atoms with van der Waals surface area (Å²) in [6, 6.07) is 4.12. The van der Waals surface area contributed by atoms with Crippen LogP contribution in [0.4, 0.5) is 9.18 Å². The summed E-state index contributed by atoms with van der Waals surface area (Å²) in [5.74, 6) is -0.0704. The molecular weight excluding hydrogens is 299 g/mol. The number of fused-ring (bicyclic) bond motifs is 1. The summed E-state index contributed by atoms with van der Waals surface area (Å²) in [6.45, 7) is 0.528. The smallest absolute Gasteiger partial charge is 0.315 e. The molecule has 0 saturated heterocycles. The fourth-order valence-electron chi connectivity index (χ4n) is 3.10. The van der Waals surface area contributed by atoms with Crippen molar-refractivity contribution in [3.63, 3.8) is 0 Å². The van der Waals surface area contributed by atoms with Crippen LogP contribution in [0.3, 0.4) is 0 Å². The van der Waals surface area contributed by atoms with Gasteiger partial charge in [-0.15, -0.1) is 0 Å². The average molecular weight is 320 g/mol. The van der Waals surface area contributed by atoms with Gasteiger partial charge in [-0.25, -0.2) is 9.18 Å². The van der Waals surface area contributed by atoms with Gasteiger partial charge in [0.15, 0.2) is 11.6 Å². The minimum Gasteiger partial charge on any atom is -0.490 e. The van der Waals surface area contributed by atoms with E-state index < -0.39 is 5.82 Å². The Morgan fingerprint density at radius 1 is 1.35 bits per heavy atom. The summed E-state index contributed by atoms with van der Waals surface area (Å²) < 4.78 is 19.4. The molecular formula is C17H21FN2O3. The van der Waals surface area contributed by atoms with E-state index in [-0.39, 0.29) is 36.4 Å². The first-order valence-electron chi connectivity index (χ1n) is 7.95. The number of halogens is 1. The summed E-state index contributed by atoms with van der Waals surface area (Å²) in [7, 11) is 0. The van der Waals surface area contributed by atoms with Crippen LogP contribution in [-0.4, -0.2) is 30.4 Å². The Bertz CT molecular complexity index is 606. The number of nitrogens with one attached hydrogen (secondary N) is 2. The Morgan fingerprint density at radius 2 is 2.22 bits per heavy atom. The molecule has 1 aromatic carbocycles. The molecule has 23 heavy (non-hydrogen) atoms. The fourth-order valence-corrected chi connectivity index (χ4v) is 3.10. The molecule has 3 N–H and O–H groups in total. The zero-order valence-corrected chi connectivity index (χ0v) is 12.8. The van der Waals surface area contributed by atoms with Crippen LogP contribution >= 0.6 is 0 Å². The summed E-state index contributed by atoms with van der Waals surface area (Å²) in [5.41, 5.74) is 0.674. The maximum atomic E-state index is 13.9. The van der Waals surface area contributed by atoms with Gasteiger partial charge in [-0.05, 0) is 25.3 Å². The predicted molar refractivity (Wildman–Crippen MR) is 83.7 cm³/mol. The third kappa shape index (κ3) is 3.64. The topological polar surface area (TPSA) is 70.6 Å². The van der Waals surface area contributed by atoms with Crippen molar-refractivity contribution in [1.82, 2.24) is 10.6 Å². The van der Waals surface area contributed by atoms with Crippen LogP contribution in [0, 0.1) is 11.7 Å². The second-order valence-electron chi connectivity index (χ2n) is 5.99. The zero-order valence-electron chi connectivity index (χ0n) is 12.8. The number of para-hydroxylation sites is 1. The standard InChI is InChI=1S/C17H21FN2O3/c18-14-4-1-3-13-15(5-2-8-23-16(13)14)20-17(22)19-12-7-6-11(9-12)10-21/h1,3-4,6-7,11-12,15,21H,2,5,8-10H2,(H2,19,20,22)/t11-,12+,15-/m0/s1. The molecule has 0 spiro atoms. The van der Waals surface area contributed by atoms with Crippen molar-refractivity contribution in [3.05, 3.63) is 41.7 Å². The van der Waals surface area contributed by atoms with Gasteiger partial charge in [0.1, 0.15) is 0 Å². The van der Waals surface area contributed by atoms with E-state index in [1.54, 1.807) is 12.1 Å². The summed E-state index contributed by atoms with van der Waals surface area (Å²) in [6.07, 6.45) is 5.95. The van der Waals surface area contributed by atoms with E-state index in [0.717, 1.165) is 6.42 Å². The second-order valence-corrected chi connectivity index (χ2v) is 5.99. The average Bonchev–Trinajstić information content (AvgIpc) is 2.89. The maximum Gasteiger partial charge on any atom is 0.315 e. The number of hydrogen-bond donors (Lipinski definition) is 3. The van der Waals surface area contributed by atoms with Crippen LogP contribution in [0.1, 0.15) is 30.9 Å². The van der Waals surface area contributed by atoms with E-state index >= 15 is 0 Å². The number of ether oxygens (including phenoxy) is 1. The summed E-state index contributed by atoms with van der Waals surface area (Å²) >= 11 is 0. The van der Waals surface area contributed by atoms with Crippen molar-refractivity contribution in [3.8, 4) is 5.75 Å². The molecule has 2 amide bonds. The number of carbonyl (C=O) groups is 1. The molecule has 0 unspecified atom stereocenters. The van der Waals surface area contributed by atoms with E-state index in [1.807, 2.05) is 12.2 Å². The van der Waals surface area contributed by atoms with Crippen molar-refractivity contribution in [2.45, 2.75) is 31.3 Å². The first-order chi connectivity index (χ1) is 11.2. The van der Waals surface area contributed by atoms with Crippen LogP contribution in [0.2, 0.25) is 0 Å². The van der Waals surface area contributed by atoms with Gasteiger partial charge in [0.05, 0.1) is 12.6 Å². The van der Waals surface area contributed by atoms with Gasteiger partial charge >= 0.3 is 6.03 Å². The van der Waals surface area contributed by atoms with E-state index in [1.165, 1.54) is 6.07 Å². The number of benzene rings is 1. The Hall–Kier alpha value is -2.08. The zero-order chi connectivity index (χ0) is 16.2. The molecule has 1 heterocycles. The van der Waals surface area contributed by atoms with Crippen molar-refractivity contribution < 1.29 is 19.0 Å². The van der Waals surface area contributed by atoms with Gasteiger partial charge in [0, 0.05) is 24.1 Å². The molecule has 0 radical (unpaired) electrons. The third-order valence-electron chi connectivity index (χ3n) is 4.28. The number of aliphatic hydroxyl groups excluding tert-OH is 1. The van der Waals surface area contributed by atoms with Gasteiger partial charge < -0.3 is 20.5 Å². The lowest BCUT2D eigenvalue weighted by Gasteiger charge is -2.20. The van der Waals surface area contributed by atoms with E-state index in [2.05, 4.69) is 10.6 Å². The normalized spacial score (nSPS) is 26.1. The molecule has 0 aromatic heterocycles. The molecule has 0 saturated carbocycles. The van der Waals surface area contributed by atoms with Crippen LogP contribution < -0.4 is 15.4 Å². The van der Waals surface area contributed by atoms with Crippen LogP contribution in [0.5, 0.6) is 5.75 Å². The number of urea groups is 1. The van der Waals surface area contributed by atoms with Gasteiger partial charge in [-0.3, -0.25) is 0 Å². The first-order valence-corrected chi connectivity index (χ1v) is 7.95. The molecule has 0 fully saturated rings. The van der Waals surface area contributed by atoms with Crippen molar-refractivity contribution >= 4 is 6.03 Å². The van der Waals surface area contributed by atoms with Crippen LogP contribution in [-0.2, 0) is 0 Å². The third-order valence-corrected chi connectivity index (χ3v) is 4.28. The van der Waals surface area contributed by atoms with Gasteiger partial charge in [-0.1, -0.05) is 24.3 Å². The number of hydrogen-bond acceptors (Lipinski definition) is 3. The second kappa shape index (κ2) is 7.00. The number of amides is 2. The molecule has 0 bridgehead atoms. The largest absolute Gasteiger partial charge is 0.490 e. The molecule has 1 aliphatic carbocycles. The molecule has 1 aromatic rings. The lowest BCUT2D eigenvalue weighted by atomic mass is 10.0. The summed E-state index contributed by atoms with van der Waals surface area (Å²) in [4.78, 5) is 12.2. The molecule has 2 aliphatic rings. The lowest BCUT2D eigenvalue weighted by Crippen LogP contribution is -2.42. The summed E-state index contributed by atoms with van der Waals surface area (Å²) in [5, 5.41) is 14.9. The number of rotatable bonds is 3.